The molecule has 2 aromatic heterocycles. The third-order valence-electron chi connectivity index (χ3n) is 20.9. The number of aromatic nitrogens is 4. The third-order valence-corrected chi connectivity index (χ3v) is 20.9. The number of ether oxygens (including phenoxy) is 5. The number of aliphatic hydroxyl groups excluding tert-OH is 1. The van der Waals surface area contributed by atoms with Crippen molar-refractivity contribution in [3.8, 4) is 0 Å². The molecule has 3 aliphatic carbocycles. The number of H-pyrrole nitrogens is 1. The summed E-state index contributed by atoms with van der Waals surface area (Å²) < 4.78 is 30.9. The number of carboxylic acids is 3. The van der Waals surface area contributed by atoms with Crippen LogP contribution in [-0.4, -0.2) is 190 Å². The zero-order chi connectivity index (χ0) is 81.6. The molecule has 3 heterocycles. The fourth-order valence-electron chi connectivity index (χ4n) is 15.1. The molecule has 3 fully saturated rings. The molecule has 4 amide bonds. The second kappa shape index (κ2) is 33.5. The quantitative estimate of drug-likeness (QED) is 0.00786. The number of fused-ring (bicyclic) bond motifs is 6. The third kappa shape index (κ3) is 16.8. The Labute approximate surface area is 642 Å². The Morgan fingerprint density at radius 2 is 1.35 bits per heavy atom. The fourth-order valence-corrected chi connectivity index (χ4v) is 15.1. The Kier molecular flexibility index (Phi) is 24.1. The van der Waals surface area contributed by atoms with Crippen LogP contribution in [0.3, 0.4) is 0 Å². The number of hydrogen-bond donors (Lipinski definition) is 12. The highest BCUT2D eigenvalue weighted by atomic mass is 17.2. The number of aromatic carboxylic acids is 2. The van der Waals surface area contributed by atoms with E-state index in [1.54, 1.807) is 78.9 Å². The minimum absolute atomic E-state index is 0.0124. The minimum atomic E-state index is -2.63. The summed E-state index contributed by atoms with van der Waals surface area (Å²) in [5, 5.41) is 70.7. The number of Topliss-reactive ketones (excluding diaryl/α,β-unsaturated/α-hetero) is 1. The average molecular weight is 1560 g/mol. The maximum Gasteiger partial charge on any atom is 0.339 e. The summed E-state index contributed by atoms with van der Waals surface area (Å²) in [6.07, 6.45) is -12.3. The predicted octanol–water partition coefficient (Wildman–Crippen LogP) is 4.02. The van der Waals surface area contributed by atoms with Crippen LogP contribution < -0.4 is 37.9 Å². The average Bonchev–Trinajstić information content (AvgIpc) is 0.667. The van der Waals surface area contributed by atoms with Gasteiger partial charge in [0.25, 0.3) is 23.3 Å². The standard InChI is InChI=1S/C78H80N10O25/c1-38-52(110-73(105)59(92)57(42-18-12-8-13-19-42)86-66(95)43-20-14-9-15-21-43)33-78(106)63(113-108-36-41-16-10-7-11-17-41)61-76(6,62(93)60(109-39(2)89)56(38)75(78,4)5)53(32-54-77(61,37-107-54)112-40(3)90)111-72(104)50-31-48(69(98)99)47(30-49(50)70(100)101)67(96)81-29-28-80-55(91)27-26-51(71(102)103)85-65(94)44-22-24-45(25-23-44)82-34-46-35-83-64-58(84-46)68(97)88-74(79)87-64/h7-25,30-31,35,51-54,57,59-61,63,82,92,106H,26-29,32-34,36-37H2,1-6H3,(H,80,91)(H,81,96)(H,85,94)(H,86,95)(H,98,99)(H,100,101)(H,102,103)(H3,79,83,87,88,97)/t51-,52-,53?,54+,57-,59+,60?,61-,63-,76+,77-,78+/m0/s1. The molecule has 0 spiro atoms. The minimum Gasteiger partial charge on any atom is -0.480 e. The molecule has 0 radical (unpaired) electrons. The lowest BCUT2D eigenvalue weighted by Crippen LogP contribution is -2.82. The topological polar surface area (TPSA) is 528 Å². The molecule has 35 nitrogen and oxygen atoms in total. The van der Waals surface area contributed by atoms with E-state index >= 15 is 9.59 Å². The van der Waals surface area contributed by atoms with E-state index in [1.165, 1.54) is 70.3 Å². The van der Waals surface area contributed by atoms with E-state index in [4.69, 9.17) is 39.2 Å². The molecule has 7 aromatic rings. The van der Waals surface area contributed by atoms with Gasteiger partial charge in [0.2, 0.25) is 11.9 Å². The van der Waals surface area contributed by atoms with Gasteiger partial charge in [-0.25, -0.2) is 43.7 Å². The van der Waals surface area contributed by atoms with Crippen molar-refractivity contribution in [3.63, 3.8) is 0 Å². The molecule has 13 N–H and O–H groups in total. The second-order valence-corrected chi connectivity index (χ2v) is 28.3. The van der Waals surface area contributed by atoms with E-state index in [0.717, 1.165) is 13.8 Å². The number of hydrogen-bond acceptors (Lipinski definition) is 27. The van der Waals surface area contributed by atoms with Gasteiger partial charge in [-0.05, 0) is 91.1 Å². The largest absolute Gasteiger partial charge is 0.480 e. The van der Waals surface area contributed by atoms with E-state index in [0.29, 0.717) is 29.1 Å². The molecule has 2 saturated carbocycles. The Hall–Kier alpha value is -12.7. The zero-order valence-electron chi connectivity index (χ0n) is 61.6. The van der Waals surface area contributed by atoms with E-state index in [-0.39, 0.29) is 64.6 Å². The molecule has 12 atom stereocenters. The van der Waals surface area contributed by atoms with Crippen LogP contribution in [0.4, 0.5) is 11.6 Å². The van der Waals surface area contributed by atoms with Crippen molar-refractivity contribution in [1.82, 2.24) is 41.2 Å². The van der Waals surface area contributed by atoms with Crippen LogP contribution in [0, 0.1) is 16.7 Å². The second-order valence-electron chi connectivity index (χ2n) is 28.3. The number of anilines is 2. The number of ketones is 1. The van der Waals surface area contributed by atoms with Gasteiger partial charge in [-0.3, -0.25) is 43.3 Å². The van der Waals surface area contributed by atoms with Crippen LogP contribution in [0.15, 0.2) is 150 Å². The van der Waals surface area contributed by atoms with Crippen molar-refractivity contribution < 1.29 is 117 Å². The van der Waals surface area contributed by atoms with Crippen LogP contribution >= 0.6 is 0 Å². The normalized spacial score (nSPS) is 22.7. The van der Waals surface area contributed by atoms with Crippen molar-refractivity contribution in [2.45, 2.75) is 140 Å². The van der Waals surface area contributed by atoms with Gasteiger partial charge in [-0.2, -0.15) is 4.98 Å². The van der Waals surface area contributed by atoms with E-state index < -0.39 is 215 Å². The number of rotatable bonds is 29. The number of carbonyl (C=O) groups is 12. The van der Waals surface area contributed by atoms with Crippen LogP contribution in [-0.2, 0) is 75.4 Å². The first-order chi connectivity index (χ1) is 53.7. The number of nitrogens with zero attached hydrogens (tertiary/aromatic N) is 3. The van der Waals surface area contributed by atoms with Crippen LogP contribution in [0.1, 0.15) is 152 Å². The van der Waals surface area contributed by atoms with Crippen molar-refractivity contribution in [3.05, 3.63) is 205 Å². The lowest BCUT2D eigenvalue weighted by atomic mass is 9.44. The Morgan fingerprint density at radius 3 is 1.97 bits per heavy atom. The molecule has 1 saturated heterocycles. The first kappa shape index (κ1) is 81.3. The summed E-state index contributed by atoms with van der Waals surface area (Å²) in [5.74, 6) is -16.9. The van der Waals surface area contributed by atoms with Gasteiger partial charge in [-0.1, -0.05) is 92.7 Å². The lowest BCUT2D eigenvalue weighted by molar-refractivity contribution is -0.419. The predicted molar refractivity (Wildman–Crippen MR) is 391 cm³/mol. The number of amides is 4. The number of aromatic amines is 1. The van der Waals surface area contributed by atoms with Crippen molar-refractivity contribution in [2.24, 2.45) is 16.7 Å². The Balaban J connectivity index is 0.835. The summed E-state index contributed by atoms with van der Waals surface area (Å²) in [6.45, 7) is 5.97. The fraction of sp³-hybridized carbons (Fsp3) is 0.359. The van der Waals surface area contributed by atoms with Crippen molar-refractivity contribution in [1.29, 1.82) is 0 Å². The zero-order valence-corrected chi connectivity index (χ0v) is 61.6. The number of nitrogens with two attached hydrogens (primary N) is 1. The van der Waals surface area contributed by atoms with Gasteiger partial charge >= 0.3 is 41.8 Å². The van der Waals surface area contributed by atoms with Gasteiger partial charge in [0.05, 0.1) is 64.7 Å². The number of carboxylic acid groups (broad SMARTS) is 3. The molecule has 4 aliphatic rings. The van der Waals surface area contributed by atoms with Crippen LogP contribution in [0.25, 0.3) is 11.2 Å². The van der Waals surface area contributed by atoms with E-state index in [1.807, 2.05) is 0 Å². The van der Waals surface area contributed by atoms with Crippen LogP contribution in [0.5, 0.6) is 0 Å². The number of benzene rings is 5. The summed E-state index contributed by atoms with van der Waals surface area (Å²) in [5.41, 5.74) is -6.23. The van der Waals surface area contributed by atoms with Gasteiger partial charge in [-0.15, -0.1) is 0 Å². The Morgan fingerprint density at radius 1 is 0.726 bits per heavy atom. The highest BCUT2D eigenvalue weighted by molar-refractivity contribution is 6.11. The number of aliphatic carboxylic acids is 1. The highest BCUT2D eigenvalue weighted by Crippen LogP contribution is 2.65. The number of esters is 4. The number of aliphatic hydroxyl groups is 2. The maximum absolute atomic E-state index is 16.7. The molecule has 2 unspecified atom stereocenters. The van der Waals surface area contributed by atoms with Gasteiger partial charge in [0.1, 0.15) is 42.7 Å². The number of nitrogen functional groups attached to an aromatic ring is 1. The summed E-state index contributed by atoms with van der Waals surface area (Å²) in [7, 11) is 0. The van der Waals surface area contributed by atoms with Gasteiger partial charge in [0.15, 0.2) is 34.8 Å². The van der Waals surface area contributed by atoms with Crippen molar-refractivity contribution in [2.75, 3.05) is 30.7 Å². The summed E-state index contributed by atoms with van der Waals surface area (Å²) in [4.78, 5) is 206. The molecule has 11 rings (SSSR count). The molecule has 5 aromatic carbocycles. The number of carbonyl (C=O) groups excluding carboxylic acids is 9. The smallest absolute Gasteiger partial charge is 0.339 e. The Bertz CT molecular complexity index is 5010. The molecular formula is C78H80N10O25. The summed E-state index contributed by atoms with van der Waals surface area (Å²) >= 11 is 0. The van der Waals surface area contributed by atoms with Crippen molar-refractivity contribution >= 4 is 94.0 Å². The first-order valence-corrected chi connectivity index (χ1v) is 35.5. The lowest BCUT2D eigenvalue weighted by Gasteiger charge is -2.67. The van der Waals surface area contributed by atoms with E-state index in [2.05, 4.69) is 46.5 Å². The molecule has 1 aliphatic heterocycles. The monoisotopic (exact) mass is 1560 g/mol. The first-order valence-electron chi connectivity index (χ1n) is 35.5. The molecule has 2 bridgehead atoms. The number of nitrogens with one attached hydrogen (secondary N) is 6. The van der Waals surface area contributed by atoms with E-state index in [9.17, 15) is 78.3 Å². The SMILES string of the molecule is CC(=O)OC1C(=O)[C@]2(C)C(OC(=O)c3cc(C(=O)O)c(C(=O)NCCNC(=O)CC[C@H](NC(=O)c4ccc(NCc5cnc6nc(N)[nH]c(=O)c6n5)cc4)C(=O)O)cc3C(=O)O)C[C@H]3OC[C@@]3(OC(C)=O)[C@H]2[C@H](OOCc2ccccc2)[C@]2(O)C[C@H](OC(=O)[C@H](O)[C@@H](NC(=O)c3ccccc3)c3ccccc3)C(C)=C1C2(C)C. The molecule has 35 heteroatoms. The maximum atomic E-state index is 16.7. The molecule has 592 valence electrons. The molecular weight excluding hydrogens is 1480 g/mol. The van der Waals surface area contributed by atoms with Gasteiger partial charge < -0.3 is 81.5 Å². The highest BCUT2D eigenvalue weighted by Gasteiger charge is 2.79. The molecule has 113 heavy (non-hydrogen) atoms. The van der Waals surface area contributed by atoms with Gasteiger partial charge in [0, 0.05) is 68.4 Å². The van der Waals surface area contributed by atoms with Crippen LogP contribution in [0.2, 0.25) is 0 Å². The summed E-state index contributed by atoms with van der Waals surface area (Å²) in [6, 6.07) is 28.2.